The van der Waals surface area contributed by atoms with E-state index in [0.29, 0.717) is 24.4 Å². The summed E-state index contributed by atoms with van der Waals surface area (Å²) in [4.78, 5) is 18.9. The molecule has 0 spiro atoms. The van der Waals surface area contributed by atoms with Crippen LogP contribution in [0.5, 0.6) is 0 Å². The van der Waals surface area contributed by atoms with Crippen molar-refractivity contribution in [3.63, 3.8) is 0 Å². The molecule has 1 saturated carbocycles. The summed E-state index contributed by atoms with van der Waals surface area (Å²) in [6.07, 6.45) is 11.0. The molecule has 3 nitrogen and oxygen atoms in total. The van der Waals surface area contributed by atoms with Gasteiger partial charge in [-0.3, -0.25) is 9.78 Å². The zero-order chi connectivity index (χ0) is 14.4. The second kappa shape index (κ2) is 7.41. The van der Waals surface area contributed by atoms with Gasteiger partial charge in [-0.15, -0.1) is 0 Å². The third-order valence-corrected chi connectivity index (χ3v) is 4.42. The van der Waals surface area contributed by atoms with E-state index in [9.17, 15) is 4.79 Å². The second-order valence-corrected chi connectivity index (χ2v) is 5.86. The number of pyridine rings is 1. The van der Waals surface area contributed by atoms with Crippen molar-refractivity contribution in [3.05, 3.63) is 30.1 Å². The van der Waals surface area contributed by atoms with Crippen LogP contribution in [-0.2, 0) is 11.2 Å². The smallest absolute Gasteiger partial charge is 0.223 e. The Labute approximate surface area is 122 Å². The van der Waals surface area contributed by atoms with Crippen molar-refractivity contribution in [2.75, 3.05) is 0 Å². The molecule has 1 aromatic rings. The lowest BCUT2D eigenvalue weighted by atomic mass is 10.1. The normalized spacial score (nSPS) is 17.1. The molecule has 2 rings (SSSR count). The fourth-order valence-corrected chi connectivity index (χ4v) is 3.11. The zero-order valence-corrected chi connectivity index (χ0v) is 12.7. The van der Waals surface area contributed by atoms with Crippen molar-refractivity contribution < 1.29 is 4.79 Å². The molecule has 0 aromatic carbocycles. The predicted molar refractivity (Wildman–Crippen MR) is 81.4 cm³/mol. The van der Waals surface area contributed by atoms with Gasteiger partial charge >= 0.3 is 0 Å². The van der Waals surface area contributed by atoms with Crippen LogP contribution in [0.4, 0.5) is 0 Å². The van der Waals surface area contributed by atoms with Crippen molar-refractivity contribution >= 4 is 5.91 Å². The molecule has 1 amide bonds. The van der Waals surface area contributed by atoms with E-state index in [-0.39, 0.29) is 0 Å². The van der Waals surface area contributed by atoms with Crippen LogP contribution in [0.2, 0.25) is 0 Å². The molecule has 1 atom stereocenters. The number of aromatic nitrogens is 1. The molecule has 110 valence electrons. The summed E-state index contributed by atoms with van der Waals surface area (Å²) < 4.78 is 0. The minimum absolute atomic E-state index is 0.315. The summed E-state index contributed by atoms with van der Waals surface area (Å²) in [5.74, 6) is 0.315. The molecule has 1 aromatic heterocycles. The Balaban J connectivity index is 1.95. The van der Waals surface area contributed by atoms with Gasteiger partial charge in [-0.05, 0) is 44.2 Å². The molecule has 0 saturated heterocycles. The van der Waals surface area contributed by atoms with Gasteiger partial charge in [-0.1, -0.05) is 25.8 Å². The van der Waals surface area contributed by atoms with Crippen LogP contribution in [0.3, 0.4) is 0 Å². The summed E-state index contributed by atoms with van der Waals surface area (Å²) in [6.45, 7) is 4.35. The van der Waals surface area contributed by atoms with Crippen molar-refractivity contribution in [2.24, 2.45) is 0 Å². The lowest BCUT2D eigenvalue weighted by molar-refractivity contribution is -0.135. The fraction of sp³-hybridized carbons (Fsp3) is 0.647. The summed E-state index contributed by atoms with van der Waals surface area (Å²) in [7, 11) is 0. The first kappa shape index (κ1) is 15.0. The molecule has 1 aliphatic carbocycles. The molecule has 0 bridgehead atoms. The van der Waals surface area contributed by atoms with Crippen LogP contribution in [0, 0.1) is 0 Å². The minimum Gasteiger partial charge on any atom is -0.337 e. The molecule has 0 aliphatic heterocycles. The van der Waals surface area contributed by atoms with Gasteiger partial charge in [0.1, 0.15) is 0 Å². The quantitative estimate of drug-likeness (QED) is 0.794. The predicted octanol–water partition coefficient (Wildman–Crippen LogP) is 3.58. The average Bonchev–Trinajstić information content (AvgIpc) is 3.00. The summed E-state index contributed by atoms with van der Waals surface area (Å²) in [5, 5.41) is 0. The third-order valence-electron chi connectivity index (χ3n) is 4.42. The van der Waals surface area contributed by atoms with Gasteiger partial charge in [0.05, 0.1) is 0 Å². The number of hydrogen-bond donors (Lipinski definition) is 0. The van der Waals surface area contributed by atoms with Crippen LogP contribution in [0.1, 0.15) is 57.9 Å². The largest absolute Gasteiger partial charge is 0.337 e. The highest BCUT2D eigenvalue weighted by Crippen LogP contribution is 2.26. The summed E-state index contributed by atoms with van der Waals surface area (Å²) in [6, 6.07) is 4.82. The van der Waals surface area contributed by atoms with E-state index >= 15 is 0 Å². The van der Waals surface area contributed by atoms with Gasteiger partial charge < -0.3 is 4.90 Å². The number of hydrogen-bond acceptors (Lipinski definition) is 2. The summed E-state index contributed by atoms with van der Waals surface area (Å²) in [5.41, 5.74) is 1.15. The first-order valence-electron chi connectivity index (χ1n) is 7.92. The van der Waals surface area contributed by atoms with Gasteiger partial charge in [0.15, 0.2) is 0 Å². The second-order valence-electron chi connectivity index (χ2n) is 5.86. The maximum atomic E-state index is 12.6. The van der Waals surface area contributed by atoms with Crippen LogP contribution in [0.15, 0.2) is 24.5 Å². The molecule has 1 fully saturated rings. The molecular weight excluding hydrogens is 248 g/mol. The number of aryl methyl sites for hydroxylation is 1. The fourth-order valence-electron chi connectivity index (χ4n) is 3.11. The molecule has 1 aliphatic rings. The lowest BCUT2D eigenvalue weighted by Crippen LogP contribution is -2.44. The van der Waals surface area contributed by atoms with E-state index < -0.39 is 0 Å². The van der Waals surface area contributed by atoms with Crippen LogP contribution in [-0.4, -0.2) is 27.9 Å². The monoisotopic (exact) mass is 274 g/mol. The van der Waals surface area contributed by atoms with E-state index in [0.717, 1.165) is 18.4 Å². The molecular formula is C17H26N2O. The van der Waals surface area contributed by atoms with Crippen molar-refractivity contribution in [2.45, 2.75) is 70.9 Å². The van der Waals surface area contributed by atoms with E-state index in [4.69, 9.17) is 0 Å². The molecule has 3 heteroatoms. The molecule has 1 heterocycles. The maximum absolute atomic E-state index is 12.6. The highest BCUT2D eigenvalue weighted by molar-refractivity contribution is 5.77. The number of carbonyl (C=O) groups excluding carboxylic acids is 1. The Morgan fingerprint density at radius 3 is 2.80 bits per heavy atom. The van der Waals surface area contributed by atoms with Gasteiger partial charge in [-0.2, -0.15) is 0 Å². The Hall–Kier alpha value is -1.38. The SMILES string of the molecule is CC[C@@H](C)N(C(=O)CCc1cccnc1)C1CCCC1. The molecule has 20 heavy (non-hydrogen) atoms. The van der Waals surface area contributed by atoms with E-state index in [2.05, 4.69) is 23.7 Å². The Morgan fingerprint density at radius 2 is 2.20 bits per heavy atom. The Kier molecular flexibility index (Phi) is 5.57. The van der Waals surface area contributed by atoms with Crippen LogP contribution < -0.4 is 0 Å². The van der Waals surface area contributed by atoms with Crippen molar-refractivity contribution in [1.29, 1.82) is 0 Å². The summed E-state index contributed by atoms with van der Waals surface area (Å²) >= 11 is 0. The topological polar surface area (TPSA) is 33.2 Å². The highest BCUT2D eigenvalue weighted by atomic mass is 16.2. The van der Waals surface area contributed by atoms with E-state index in [1.807, 2.05) is 18.3 Å². The molecule has 0 N–H and O–H groups in total. The Morgan fingerprint density at radius 1 is 1.45 bits per heavy atom. The minimum atomic E-state index is 0.315. The first-order valence-corrected chi connectivity index (χ1v) is 7.92. The standard InChI is InChI=1S/C17H26N2O/c1-3-14(2)19(16-8-4-5-9-16)17(20)11-10-15-7-6-12-18-13-15/h6-7,12-14,16H,3-5,8-11H2,1-2H3/t14-/m1/s1. The first-order chi connectivity index (χ1) is 9.72. The van der Waals surface area contributed by atoms with Gasteiger partial charge in [0.2, 0.25) is 5.91 Å². The van der Waals surface area contributed by atoms with Gasteiger partial charge in [-0.25, -0.2) is 0 Å². The Bertz CT molecular complexity index is 412. The number of carbonyl (C=O) groups is 1. The third kappa shape index (κ3) is 3.81. The van der Waals surface area contributed by atoms with Crippen LogP contribution >= 0.6 is 0 Å². The maximum Gasteiger partial charge on any atom is 0.223 e. The van der Waals surface area contributed by atoms with E-state index in [1.165, 1.54) is 25.7 Å². The van der Waals surface area contributed by atoms with Crippen molar-refractivity contribution in [1.82, 2.24) is 9.88 Å². The highest BCUT2D eigenvalue weighted by Gasteiger charge is 2.29. The van der Waals surface area contributed by atoms with Crippen molar-refractivity contribution in [3.8, 4) is 0 Å². The van der Waals surface area contributed by atoms with Crippen LogP contribution in [0.25, 0.3) is 0 Å². The number of amides is 1. The number of rotatable bonds is 6. The zero-order valence-electron chi connectivity index (χ0n) is 12.7. The van der Waals surface area contributed by atoms with Gasteiger partial charge in [0, 0.05) is 30.9 Å². The molecule has 0 unspecified atom stereocenters. The molecule has 0 radical (unpaired) electrons. The lowest BCUT2D eigenvalue weighted by Gasteiger charge is -2.34. The number of nitrogens with zero attached hydrogens (tertiary/aromatic N) is 2. The van der Waals surface area contributed by atoms with Gasteiger partial charge in [0.25, 0.3) is 0 Å². The average molecular weight is 274 g/mol. The van der Waals surface area contributed by atoms with E-state index in [1.54, 1.807) is 6.20 Å².